The number of nitrogens with two attached hydrogens (primary N) is 1. The lowest BCUT2D eigenvalue weighted by molar-refractivity contribution is 0.556. The normalized spacial score (nSPS) is 14.5. The van der Waals surface area contributed by atoms with Gasteiger partial charge in [-0.2, -0.15) is 5.21 Å². The van der Waals surface area contributed by atoms with Crippen molar-refractivity contribution in [3.63, 3.8) is 0 Å². The number of anilines is 1. The predicted octanol–water partition coefficient (Wildman–Crippen LogP) is -0.819. The summed E-state index contributed by atoms with van der Waals surface area (Å²) in [6, 6.07) is 0. The van der Waals surface area contributed by atoms with Gasteiger partial charge in [-0.25, -0.2) is 4.68 Å². The third-order valence-corrected chi connectivity index (χ3v) is 2.24. The molecule has 1 aliphatic rings. The molecule has 0 spiro atoms. The second-order valence-corrected chi connectivity index (χ2v) is 3.40. The van der Waals surface area contributed by atoms with E-state index in [0.717, 1.165) is 18.8 Å². The lowest BCUT2D eigenvalue weighted by atomic mass is 10.2. The number of rotatable bonds is 0. The van der Waals surface area contributed by atoms with Gasteiger partial charge in [0.15, 0.2) is 5.82 Å². The lowest BCUT2D eigenvalue weighted by Crippen LogP contribution is -2.02. The van der Waals surface area contributed by atoms with Crippen LogP contribution in [-0.2, 0) is 13.0 Å². The van der Waals surface area contributed by atoms with E-state index in [-0.39, 0.29) is 5.95 Å². The van der Waals surface area contributed by atoms with Gasteiger partial charge in [0.05, 0.1) is 0 Å². The van der Waals surface area contributed by atoms with Gasteiger partial charge in [-0.15, -0.1) is 10.2 Å². The van der Waals surface area contributed by atoms with E-state index < -0.39 is 0 Å². The number of aromatic amines is 1. The number of nitrogens with one attached hydrogen (secondary N) is 1. The van der Waals surface area contributed by atoms with Crippen molar-refractivity contribution in [3.8, 4) is 0 Å². The highest BCUT2D eigenvalue weighted by Crippen LogP contribution is 2.09. The maximum Gasteiger partial charge on any atom is 0.260 e. The number of nitrogen functional groups attached to an aromatic ring is 1. The summed E-state index contributed by atoms with van der Waals surface area (Å²) in [7, 11) is 0. The second-order valence-electron chi connectivity index (χ2n) is 3.40. The van der Waals surface area contributed by atoms with Crippen LogP contribution in [0.4, 0.5) is 5.95 Å². The topological polar surface area (TPSA) is 124 Å². The van der Waals surface area contributed by atoms with E-state index in [9.17, 15) is 0 Å². The fourth-order valence-corrected chi connectivity index (χ4v) is 1.47. The molecule has 16 heavy (non-hydrogen) atoms. The summed E-state index contributed by atoms with van der Waals surface area (Å²) >= 11 is 0. The van der Waals surface area contributed by atoms with Crippen LogP contribution in [0.25, 0.3) is 0 Å². The summed E-state index contributed by atoms with van der Waals surface area (Å²) in [5, 5.41) is 23.4. The van der Waals surface area contributed by atoms with Crippen molar-refractivity contribution in [2.45, 2.75) is 32.2 Å². The summed E-state index contributed by atoms with van der Waals surface area (Å²) in [5.41, 5.74) is 4.96. The molecule has 2 aromatic heterocycles. The highest BCUT2D eigenvalue weighted by Gasteiger charge is 2.08. The Morgan fingerprint density at radius 2 is 2.12 bits per heavy atom. The van der Waals surface area contributed by atoms with E-state index in [1.165, 1.54) is 19.3 Å². The van der Waals surface area contributed by atoms with Gasteiger partial charge in [0.1, 0.15) is 0 Å². The molecule has 3 heterocycles. The molecule has 0 unspecified atom stereocenters. The molecule has 3 N–H and O–H groups in total. The summed E-state index contributed by atoms with van der Waals surface area (Å²) < 4.78 is 1.91. The largest absolute Gasteiger partial charge is 0.365 e. The first-order chi connectivity index (χ1) is 7.86. The number of H-pyrrole nitrogens is 1. The molecule has 1 aliphatic heterocycles. The second kappa shape index (κ2) is 5.14. The van der Waals surface area contributed by atoms with Crippen LogP contribution in [0.2, 0.25) is 0 Å². The molecule has 0 radical (unpaired) electrons. The molecule has 0 aromatic carbocycles. The van der Waals surface area contributed by atoms with Crippen LogP contribution in [0.5, 0.6) is 0 Å². The van der Waals surface area contributed by atoms with E-state index in [0.29, 0.717) is 0 Å². The van der Waals surface area contributed by atoms with Crippen molar-refractivity contribution < 1.29 is 0 Å². The standard InChI is InChI=1S/C6H10N4.CH3N5/c1-2-4-6-7-8-9-10(6)5-3-1;2-1-3-5-6-4-1/h1-5H2;(H3,2,3,4,5,6). The molecule has 86 valence electrons. The summed E-state index contributed by atoms with van der Waals surface area (Å²) in [6.07, 6.45) is 4.80. The van der Waals surface area contributed by atoms with Crippen molar-refractivity contribution in [3.05, 3.63) is 5.82 Å². The van der Waals surface area contributed by atoms with Crippen LogP contribution in [0.1, 0.15) is 25.1 Å². The molecule has 0 saturated heterocycles. The van der Waals surface area contributed by atoms with Gasteiger partial charge in [0.2, 0.25) is 0 Å². The Balaban J connectivity index is 0.000000138. The van der Waals surface area contributed by atoms with Crippen LogP contribution in [0.3, 0.4) is 0 Å². The summed E-state index contributed by atoms with van der Waals surface area (Å²) in [6.45, 7) is 1.00. The maximum atomic E-state index is 4.96. The molecule has 9 nitrogen and oxygen atoms in total. The minimum Gasteiger partial charge on any atom is -0.365 e. The molecule has 0 amide bonds. The van der Waals surface area contributed by atoms with E-state index in [4.69, 9.17) is 5.73 Å². The maximum absolute atomic E-state index is 4.96. The highest BCUT2D eigenvalue weighted by atomic mass is 15.5. The monoisotopic (exact) mass is 223 g/mol. The lowest BCUT2D eigenvalue weighted by Gasteiger charge is -1.94. The number of nitrogens with zero attached hydrogens (tertiary/aromatic N) is 7. The zero-order chi connectivity index (χ0) is 11.2. The van der Waals surface area contributed by atoms with Crippen molar-refractivity contribution in [1.82, 2.24) is 40.8 Å². The zero-order valence-corrected chi connectivity index (χ0v) is 8.74. The molecular weight excluding hydrogens is 210 g/mol. The summed E-state index contributed by atoms with van der Waals surface area (Å²) in [5.74, 6) is 1.23. The smallest absolute Gasteiger partial charge is 0.260 e. The molecule has 0 bridgehead atoms. The SMILES string of the molecule is C1CCc2nnnn2CC1.Nc1nn[nH]n1. The third-order valence-electron chi connectivity index (χ3n) is 2.24. The summed E-state index contributed by atoms with van der Waals surface area (Å²) in [4.78, 5) is 0. The van der Waals surface area contributed by atoms with Gasteiger partial charge >= 0.3 is 0 Å². The number of hydrogen-bond acceptors (Lipinski definition) is 7. The molecule has 0 atom stereocenters. The van der Waals surface area contributed by atoms with Gasteiger partial charge in [0.25, 0.3) is 5.95 Å². The molecular formula is C7H13N9. The van der Waals surface area contributed by atoms with Gasteiger partial charge in [-0.3, -0.25) is 0 Å². The first-order valence-corrected chi connectivity index (χ1v) is 5.10. The van der Waals surface area contributed by atoms with Crippen LogP contribution in [0, 0.1) is 0 Å². The van der Waals surface area contributed by atoms with Gasteiger partial charge in [-0.05, 0) is 28.5 Å². The number of aromatic nitrogens is 8. The molecule has 2 aromatic rings. The number of fused-ring (bicyclic) bond motifs is 1. The van der Waals surface area contributed by atoms with Crippen molar-refractivity contribution in [2.75, 3.05) is 5.73 Å². The molecule has 0 fully saturated rings. The zero-order valence-electron chi connectivity index (χ0n) is 8.74. The van der Waals surface area contributed by atoms with E-state index in [2.05, 4.69) is 36.1 Å². The van der Waals surface area contributed by atoms with Crippen LogP contribution >= 0.6 is 0 Å². The molecule has 0 saturated carbocycles. The van der Waals surface area contributed by atoms with Gasteiger partial charge in [0, 0.05) is 13.0 Å². The first kappa shape index (κ1) is 10.5. The Morgan fingerprint density at radius 3 is 2.81 bits per heavy atom. The first-order valence-electron chi connectivity index (χ1n) is 5.10. The Kier molecular flexibility index (Phi) is 3.36. The van der Waals surface area contributed by atoms with Crippen molar-refractivity contribution in [2.24, 2.45) is 0 Å². The third kappa shape index (κ3) is 2.72. The predicted molar refractivity (Wildman–Crippen MR) is 54.0 cm³/mol. The molecule has 3 rings (SSSR count). The van der Waals surface area contributed by atoms with E-state index >= 15 is 0 Å². The van der Waals surface area contributed by atoms with E-state index in [1.54, 1.807) is 0 Å². The number of aryl methyl sites for hydroxylation is 2. The quantitative estimate of drug-likeness (QED) is 0.597. The Hall–Kier alpha value is -2.06. The fourth-order valence-electron chi connectivity index (χ4n) is 1.47. The van der Waals surface area contributed by atoms with Gasteiger partial charge < -0.3 is 5.73 Å². The average molecular weight is 223 g/mol. The number of hydrogen-bond donors (Lipinski definition) is 2. The minimum atomic E-state index is 0.176. The molecule has 0 aliphatic carbocycles. The van der Waals surface area contributed by atoms with Crippen molar-refractivity contribution in [1.29, 1.82) is 0 Å². The van der Waals surface area contributed by atoms with Crippen LogP contribution < -0.4 is 5.73 Å². The molecule has 9 heteroatoms. The van der Waals surface area contributed by atoms with E-state index in [1.807, 2.05) is 4.68 Å². The van der Waals surface area contributed by atoms with Gasteiger partial charge in [-0.1, -0.05) is 11.5 Å². The van der Waals surface area contributed by atoms with Crippen LogP contribution in [-0.4, -0.2) is 40.8 Å². The minimum absolute atomic E-state index is 0.176. The average Bonchev–Trinajstić information content (AvgIpc) is 2.88. The van der Waals surface area contributed by atoms with Crippen LogP contribution in [0.15, 0.2) is 0 Å². The highest BCUT2D eigenvalue weighted by molar-refractivity contribution is 5.05. The Morgan fingerprint density at radius 1 is 1.19 bits per heavy atom. The number of tetrazole rings is 2. The Labute approximate surface area is 91.4 Å². The van der Waals surface area contributed by atoms with Crippen molar-refractivity contribution >= 4 is 5.95 Å². The Bertz CT molecular complexity index is 385. The fraction of sp³-hybridized carbons (Fsp3) is 0.714.